The van der Waals surface area contributed by atoms with Gasteiger partial charge in [0.1, 0.15) is 11.9 Å². The molecule has 2 nitrogen and oxygen atoms in total. The molecule has 0 fully saturated rings. The number of fused-ring (bicyclic) bond motifs is 1. The van der Waals surface area contributed by atoms with Crippen LogP contribution in [-0.2, 0) is 0 Å². The van der Waals surface area contributed by atoms with Crippen molar-refractivity contribution in [3.8, 4) is 16.9 Å². The van der Waals surface area contributed by atoms with Gasteiger partial charge in [0, 0.05) is 0 Å². The van der Waals surface area contributed by atoms with Crippen LogP contribution in [0.2, 0.25) is 0 Å². The standard InChI is InChI=1S/C15H6F7NO/c1-5-2-8-7(23-4-15(21,22)24-8)3-6(5)9-10(16)12(18)14(20)13(19)11(9)17/h2-4H,1H3. The Balaban J connectivity index is 2.27. The fourth-order valence-corrected chi connectivity index (χ4v) is 2.28. The first-order valence-corrected chi connectivity index (χ1v) is 6.41. The van der Waals surface area contributed by atoms with Crippen LogP contribution in [0.4, 0.5) is 36.4 Å². The largest absolute Gasteiger partial charge is 0.437 e. The lowest BCUT2D eigenvalue weighted by molar-refractivity contribution is -0.109. The summed E-state index contributed by atoms with van der Waals surface area (Å²) in [6, 6.07) is 1.89. The van der Waals surface area contributed by atoms with Crippen molar-refractivity contribution in [3.05, 3.63) is 46.8 Å². The van der Waals surface area contributed by atoms with E-state index >= 15 is 0 Å². The third-order valence-corrected chi connectivity index (χ3v) is 3.39. The molecule has 0 aliphatic carbocycles. The monoisotopic (exact) mass is 349 g/mol. The average molecular weight is 349 g/mol. The lowest BCUT2D eigenvalue weighted by Gasteiger charge is -2.21. The van der Waals surface area contributed by atoms with E-state index in [0.29, 0.717) is 0 Å². The van der Waals surface area contributed by atoms with Crippen molar-refractivity contribution in [3.63, 3.8) is 0 Å². The number of halogens is 7. The van der Waals surface area contributed by atoms with Crippen LogP contribution in [0.5, 0.6) is 5.75 Å². The number of ether oxygens (including phenoxy) is 1. The number of hydrogen-bond acceptors (Lipinski definition) is 2. The van der Waals surface area contributed by atoms with Crippen molar-refractivity contribution in [2.45, 2.75) is 13.0 Å². The van der Waals surface area contributed by atoms with Gasteiger partial charge in [0.25, 0.3) is 0 Å². The molecule has 0 saturated carbocycles. The summed E-state index contributed by atoms with van der Waals surface area (Å²) in [7, 11) is 0. The third-order valence-electron chi connectivity index (χ3n) is 3.39. The first kappa shape index (κ1) is 16.3. The van der Waals surface area contributed by atoms with Crippen LogP contribution in [-0.4, -0.2) is 12.3 Å². The molecule has 1 aliphatic heterocycles. The Bertz CT molecular complexity index is 863. The molecule has 24 heavy (non-hydrogen) atoms. The Kier molecular flexibility index (Phi) is 3.54. The van der Waals surface area contributed by atoms with E-state index in [1.54, 1.807) is 0 Å². The normalized spacial score (nSPS) is 15.2. The lowest BCUT2D eigenvalue weighted by Crippen LogP contribution is -2.28. The van der Waals surface area contributed by atoms with Gasteiger partial charge >= 0.3 is 6.11 Å². The minimum Gasteiger partial charge on any atom is -0.426 e. The van der Waals surface area contributed by atoms with Gasteiger partial charge in [-0.3, -0.25) is 0 Å². The van der Waals surface area contributed by atoms with Crippen molar-refractivity contribution >= 4 is 11.9 Å². The van der Waals surface area contributed by atoms with Crippen molar-refractivity contribution in [1.29, 1.82) is 0 Å². The Morgan fingerprint density at radius 1 is 0.875 bits per heavy atom. The highest BCUT2D eigenvalue weighted by molar-refractivity contribution is 5.80. The number of rotatable bonds is 1. The average Bonchev–Trinajstić information content (AvgIpc) is 2.51. The molecule has 0 unspecified atom stereocenters. The van der Waals surface area contributed by atoms with Crippen LogP contribution in [0.3, 0.4) is 0 Å². The van der Waals surface area contributed by atoms with Gasteiger partial charge in [-0.1, -0.05) is 0 Å². The molecule has 0 saturated heterocycles. The summed E-state index contributed by atoms with van der Waals surface area (Å²) < 4.78 is 98.1. The first-order chi connectivity index (χ1) is 11.1. The van der Waals surface area contributed by atoms with Crippen molar-refractivity contribution in [1.82, 2.24) is 0 Å². The van der Waals surface area contributed by atoms with Crippen molar-refractivity contribution < 1.29 is 35.5 Å². The molecule has 0 spiro atoms. The van der Waals surface area contributed by atoms with Gasteiger partial charge in [0.05, 0.1) is 5.56 Å². The molecule has 126 valence electrons. The number of aliphatic imine (C=N–C) groups is 1. The highest BCUT2D eigenvalue weighted by atomic mass is 19.3. The topological polar surface area (TPSA) is 21.6 Å². The van der Waals surface area contributed by atoms with Crippen LogP contribution >= 0.6 is 0 Å². The Hall–Kier alpha value is -2.58. The fourth-order valence-electron chi connectivity index (χ4n) is 2.28. The van der Waals surface area contributed by atoms with E-state index in [4.69, 9.17) is 0 Å². The first-order valence-electron chi connectivity index (χ1n) is 6.41. The summed E-state index contributed by atoms with van der Waals surface area (Å²) >= 11 is 0. The highest BCUT2D eigenvalue weighted by Crippen LogP contribution is 2.42. The second-order valence-corrected chi connectivity index (χ2v) is 5.00. The third kappa shape index (κ3) is 2.40. The molecule has 3 rings (SSSR count). The van der Waals surface area contributed by atoms with Gasteiger partial charge in [-0.2, -0.15) is 8.78 Å². The maximum atomic E-state index is 13.9. The SMILES string of the molecule is Cc1cc2c(cc1-c1c(F)c(F)c(F)c(F)c1F)N=CC(F)(F)O2. The van der Waals surface area contributed by atoms with E-state index < -0.39 is 40.8 Å². The van der Waals surface area contributed by atoms with Crippen molar-refractivity contribution in [2.75, 3.05) is 0 Å². The summed E-state index contributed by atoms with van der Waals surface area (Å²) in [5.41, 5.74) is -1.82. The molecule has 2 aromatic rings. The number of aryl methyl sites for hydroxylation is 1. The van der Waals surface area contributed by atoms with E-state index in [1.807, 2.05) is 0 Å². The maximum absolute atomic E-state index is 13.9. The number of benzene rings is 2. The van der Waals surface area contributed by atoms with Crippen molar-refractivity contribution in [2.24, 2.45) is 4.99 Å². The molecule has 0 N–H and O–H groups in total. The van der Waals surface area contributed by atoms with Gasteiger partial charge in [0.15, 0.2) is 29.0 Å². The zero-order chi connectivity index (χ0) is 17.8. The molecule has 0 bridgehead atoms. The molecule has 0 atom stereocenters. The van der Waals surface area contributed by atoms with Gasteiger partial charge in [-0.25, -0.2) is 26.9 Å². The van der Waals surface area contributed by atoms with E-state index in [9.17, 15) is 30.7 Å². The lowest BCUT2D eigenvalue weighted by atomic mass is 9.97. The minimum absolute atomic E-state index is 0.0372. The van der Waals surface area contributed by atoms with E-state index in [1.165, 1.54) is 6.92 Å². The number of alkyl halides is 2. The van der Waals surface area contributed by atoms with E-state index in [2.05, 4.69) is 9.73 Å². The molecule has 0 aromatic heterocycles. The maximum Gasteiger partial charge on any atom is 0.437 e. The summed E-state index contributed by atoms with van der Waals surface area (Å²) in [4.78, 5) is 3.39. The molecular weight excluding hydrogens is 343 g/mol. The fraction of sp³-hybridized carbons (Fsp3) is 0.133. The molecule has 1 aliphatic rings. The van der Waals surface area contributed by atoms with Crippen LogP contribution < -0.4 is 4.74 Å². The molecular formula is C15H6F7NO. The van der Waals surface area contributed by atoms with E-state index in [-0.39, 0.29) is 28.8 Å². The summed E-state index contributed by atoms with van der Waals surface area (Å²) in [5.74, 6) is -10.9. The Morgan fingerprint density at radius 2 is 1.42 bits per heavy atom. The van der Waals surface area contributed by atoms with Gasteiger partial charge in [-0.15, -0.1) is 0 Å². The highest BCUT2D eigenvalue weighted by Gasteiger charge is 2.34. The predicted octanol–water partition coefficient (Wildman–Crippen LogP) is 5.05. The summed E-state index contributed by atoms with van der Waals surface area (Å²) in [6.45, 7) is 1.24. The zero-order valence-corrected chi connectivity index (χ0v) is 11.7. The predicted molar refractivity (Wildman–Crippen MR) is 70.1 cm³/mol. The summed E-state index contributed by atoms with van der Waals surface area (Å²) in [5, 5.41) is 0. The molecule has 1 heterocycles. The molecule has 2 aromatic carbocycles. The number of hydrogen-bond donors (Lipinski definition) is 0. The zero-order valence-electron chi connectivity index (χ0n) is 11.7. The molecule has 0 radical (unpaired) electrons. The molecule has 9 heteroatoms. The van der Waals surface area contributed by atoms with Crippen LogP contribution in [0, 0.1) is 36.0 Å². The van der Waals surface area contributed by atoms with Gasteiger partial charge < -0.3 is 4.74 Å². The Labute approximate surface area is 130 Å². The van der Waals surface area contributed by atoms with Gasteiger partial charge in [-0.05, 0) is 30.2 Å². The summed E-state index contributed by atoms with van der Waals surface area (Å²) in [6.07, 6.45) is -3.50. The quantitative estimate of drug-likeness (QED) is 0.401. The minimum atomic E-state index is -3.66. The van der Waals surface area contributed by atoms with Crippen LogP contribution in [0.15, 0.2) is 17.1 Å². The van der Waals surface area contributed by atoms with Crippen LogP contribution in [0.25, 0.3) is 11.1 Å². The van der Waals surface area contributed by atoms with E-state index in [0.717, 1.165) is 12.1 Å². The smallest absolute Gasteiger partial charge is 0.426 e. The molecule has 0 amide bonds. The number of nitrogens with zero attached hydrogens (tertiary/aromatic N) is 1. The van der Waals surface area contributed by atoms with Gasteiger partial charge in [0.2, 0.25) is 5.82 Å². The Morgan fingerprint density at radius 3 is 2.00 bits per heavy atom. The second-order valence-electron chi connectivity index (χ2n) is 5.00. The second kappa shape index (κ2) is 5.22. The van der Waals surface area contributed by atoms with Crippen LogP contribution in [0.1, 0.15) is 5.56 Å².